The van der Waals surface area contributed by atoms with Gasteiger partial charge in [0, 0.05) is 16.8 Å². The van der Waals surface area contributed by atoms with Crippen LogP contribution in [0.4, 0.5) is 5.69 Å². The van der Waals surface area contributed by atoms with Crippen LogP contribution in [0.15, 0.2) is 53.0 Å². The number of rotatable bonds is 7. The zero-order chi connectivity index (χ0) is 15.1. The molecular formula is C18H22BrNO. The van der Waals surface area contributed by atoms with Crippen molar-refractivity contribution in [3.8, 4) is 0 Å². The molecule has 0 spiro atoms. The molecule has 0 saturated carbocycles. The van der Waals surface area contributed by atoms with Gasteiger partial charge in [0.15, 0.2) is 0 Å². The average molecular weight is 348 g/mol. The summed E-state index contributed by atoms with van der Waals surface area (Å²) < 4.78 is 1.11. The largest absolute Gasteiger partial charge is 0.396 e. The second-order valence-electron chi connectivity index (χ2n) is 5.19. The predicted octanol–water partition coefficient (Wildman–Crippen LogP) is 4.94. The third-order valence-electron chi connectivity index (χ3n) is 3.55. The number of benzene rings is 2. The molecule has 0 bridgehead atoms. The number of aliphatic hydroxyl groups excluding tert-OH is 1. The van der Waals surface area contributed by atoms with Gasteiger partial charge < -0.3 is 10.4 Å². The molecule has 0 heterocycles. The number of nitrogens with one attached hydrogen (secondary N) is 1. The Labute approximate surface area is 135 Å². The molecule has 2 aromatic rings. The van der Waals surface area contributed by atoms with Crippen LogP contribution >= 0.6 is 15.9 Å². The number of halogens is 1. The molecule has 1 atom stereocenters. The molecule has 0 radical (unpaired) electrons. The van der Waals surface area contributed by atoms with Gasteiger partial charge in [-0.2, -0.15) is 0 Å². The van der Waals surface area contributed by atoms with E-state index in [-0.39, 0.29) is 6.61 Å². The molecule has 0 fully saturated rings. The zero-order valence-electron chi connectivity index (χ0n) is 12.3. The topological polar surface area (TPSA) is 32.3 Å². The number of anilines is 1. The second-order valence-corrected chi connectivity index (χ2v) is 6.10. The quantitative estimate of drug-likeness (QED) is 0.743. The summed E-state index contributed by atoms with van der Waals surface area (Å²) in [7, 11) is 0. The number of hydrogen-bond acceptors (Lipinski definition) is 2. The van der Waals surface area contributed by atoms with E-state index in [2.05, 4.69) is 70.6 Å². The van der Waals surface area contributed by atoms with Crippen molar-refractivity contribution in [1.82, 2.24) is 0 Å². The summed E-state index contributed by atoms with van der Waals surface area (Å²) in [6, 6.07) is 17.2. The van der Waals surface area contributed by atoms with Crippen molar-refractivity contribution in [3.63, 3.8) is 0 Å². The van der Waals surface area contributed by atoms with Crippen LogP contribution in [-0.2, 0) is 6.42 Å². The van der Waals surface area contributed by atoms with Gasteiger partial charge in [-0.05, 0) is 54.7 Å². The van der Waals surface area contributed by atoms with Crippen LogP contribution in [0.3, 0.4) is 0 Å². The van der Waals surface area contributed by atoms with Crippen LogP contribution in [0.25, 0.3) is 0 Å². The van der Waals surface area contributed by atoms with Crippen molar-refractivity contribution in [3.05, 3.63) is 64.1 Å². The summed E-state index contributed by atoms with van der Waals surface area (Å²) >= 11 is 3.53. The SMILES string of the molecule is CCC(Nc1cccc(CCCO)c1)c1cccc(Br)c1. The molecule has 0 aliphatic heterocycles. The van der Waals surface area contributed by atoms with Gasteiger partial charge in [0.05, 0.1) is 6.04 Å². The number of hydrogen-bond donors (Lipinski definition) is 2. The maximum absolute atomic E-state index is 8.93. The maximum Gasteiger partial charge on any atom is 0.0511 e. The van der Waals surface area contributed by atoms with Crippen LogP contribution in [0.1, 0.15) is 36.9 Å². The summed E-state index contributed by atoms with van der Waals surface area (Å²) in [4.78, 5) is 0. The third kappa shape index (κ3) is 4.87. The van der Waals surface area contributed by atoms with E-state index in [1.54, 1.807) is 0 Å². The minimum absolute atomic E-state index is 0.243. The van der Waals surface area contributed by atoms with Crippen molar-refractivity contribution >= 4 is 21.6 Å². The monoisotopic (exact) mass is 347 g/mol. The first-order valence-corrected chi connectivity index (χ1v) is 8.24. The summed E-state index contributed by atoms with van der Waals surface area (Å²) in [5.41, 5.74) is 3.68. The Bertz CT molecular complexity index is 571. The fourth-order valence-electron chi connectivity index (χ4n) is 2.45. The van der Waals surface area contributed by atoms with Gasteiger partial charge in [-0.25, -0.2) is 0 Å². The molecule has 2 rings (SSSR count). The molecule has 2 aromatic carbocycles. The molecule has 112 valence electrons. The lowest BCUT2D eigenvalue weighted by atomic mass is 10.0. The Balaban J connectivity index is 2.11. The molecule has 2 N–H and O–H groups in total. The van der Waals surface area contributed by atoms with Crippen LogP contribution in [0.5, 0.6) is 0 Å². The predicted molar refractivity (Wildman–Crippen MR) is 92.6 cm³/mol. The van der Waals surface area contributed by atoms with E-state index in [0.717, 1.165) is 29.4 Å². The summed E-state index contributed by atoms with van der Waals surface area (Å²) in [6.45, 7) is 2.43. The Hall–Kier alpha value is -1.32. The molecule has 3 heteroatoms. The van der Waals surface area contributed by atoms with Gasteiger partial charge in [0.25, 0.3) is 0 Å². The lowest BCUT2D eigenvalue weighted by molar-refractivity contribution is 0.288. The van der Waals surface area contributed by atoms with E-state index < -0.39 is 0 Å². The normalized spacial score (nSPS) is 12.1. The van der Waals surface area contributed by atoms with Crippen molar-refractivity contribution in [2.24, 2.45) is 0 Å². The molecular weight excluding hydrogens is 326 g/mol. The highest BCUT2D eigenvalue weighted by Crippen LogP contribution is 2.25. The Kier molecular flexibility index (Phi) is 6.27. The van der Waals surface area contributed by atoms with Gasteiger partial charge in [-0.1, -0.05) is 47.1 Å². The summed E-state index contributed by atoms with van der Waals surface area (Å²) in [5, 5.41) is 12.5. The van der Waals surface area contributed by atoms with Crippen LogP contribution in [-0.4, -0.2) is 11.7 Å². The van der Waals surface area contributed by atoms with Gasteiger partial charge in [0.1, 0.15) is 0 Å². The number of aryl methyl sites for hydroxylation is 1. The standard InChI is InChI=1S/C18H22BrNO/c1-2-18(15-8-4-9-16(19)13-15)20-17-10-3-6-14(12-17)7-5-11-21/h3-4,6,8-10,12-13,18,20-21H,2,5,7,11H2,1H3. The zero-order valence-corrected chi connectivity index (χ0v) is 13.9. The number of aliphatic hydroxyl groups is 1. The van der Waals surface area contributed by atoms with Crippen molar-refractivity contribution < 1.29 is 5.11 Å². The average Bonchev–Trinajstić information content (AvgIpc) is 2.51. The molecule has 1 unspecified atom stereocenters. The highest BCUT2D eigenvalue weighted by Gasteiger charge is 2.09. The van der Waals surface area contributed by atoms with Crippen LogP contribution in [0.2, 0.25) is 0 Å². The van der Waals surface area contributed by atoms with Gasteiger partial charge >= 0.3 is 0 Å². The Morgan fingerprint density at radius 2 is 1.95 bits per heavy atom. The first kappa shape index (κ1) is 16.1. The molecule has 0 aromatic heterocycles. The molecule has 2 nitrogen and oxygen atoms in total. The molecule has 21 heavy (non-hydrogen) atoms. The highest BCUT2D eigenvalue weighted by molar-refractivity contribution is 9.10. The van der Waals surface area contributed by atoms with Crippen molar-refractivity contribution in [1.29, 1.82) is 0 Å². The maximum atomic E-state index is 8.93. The van der Waals surface area contributed by atoms with Crippen molar-refractivity contribution in [2.75, 3.05) is 11.9 Å². The minimum Gasteiger partial charge on any atom is -0.396 e. The molecule has 0 aliphatic carbocycles. The minimum atomic E-state index is 0.243. The van der Waals surface area contributed by atoms with Gasteiger partial charge in [-0.15, -0.1) is 0 Å². The van der Waals surface area contributed by atoms with Crippen molar-refractivity contribution in [2.45, 2.75) is 32.2 Å². The third-order valence-corrected chi connectivity index (χ3v) is 4.04. The first-order valence-electron chi connectivity index (χ1n) is 7.44. The van der Waals surface area contributed by atoms with E-state index >= 15 is 0 Å². The van der Waals surface area contributed by atoms with Crippen LogP contribution in [0, 0.1) is 0 Å². The lowest BCUT2D eigenvalue weighted by Crippen LogP contribution is -2.09. The summed E-state index contributed by atoms with van der Waals surface area (Å²) in [5.74, 6) is 0. The van der Waals surface area contributed by atoms with E-state index in [1.807, 2.05) is 6.07 Å². The second kappa shape index (κ2) is 8.20. The van der Waals surface area contributed by atoms with E-state index in [4.69, 9.17) is 5.11 Å². The molecule has 0 amide bonds. The Morgan fingerprint density at radius 1 is 1.14 bits per heavy atom. The van der Waals surface area contributed by atoms with E-state index in [9.17, 15) is 0 Å². The van der Waals surface area contributed by atoms with Crippen LogP contribution < -0.4 is 5.32 Å². The van der Waals surface area contributed by atoms with Gasteiger partial charge in [0.2, 0.25) is 0 Å². The smallest absolute Gasteiger partial charge is 0.0511 e. The lowest BCUT2D eigenvalue weighted by Gasteiger charge is -2.19. The van der Waals surface area contributed by atoms with E-state index in [0.29, 0.717) is 6.04 Å². The first-order chi connectivity index (χ1) is 10.2. The fourth-order valence-corrected chi connectivity index (χ4v) is 2.86. The molecule has 0 aliphatic rings. The van der Waals surface area contributed by atoms with E-state index in [1.165, 1.54) is 11.1 Å². The Morgan fingerprint density at radius 3 is 2.67 bits per heavy atom. The van der Waals surface area contributed by atoms with Gasteiger partial charge in [-0.3, -0.25) is 0 Å². The molecule has 0 saturated heterocycles. The fraction of sp³-hybridized carbons (Fsp3) is 0.333. The highest BCUT2D eigenvalue weighted by atomic mass is 79.9. The summed E-state index contributed by atoms with van der Waals surface area (Å²) in [6.07, 6.45) is 2.75.